The van der Waals surface area contributed by atoms with Crippen LogP contribution in [0.25, 0.3) is 0 Å². The summed E-state index contributed by atoms with van der Waals surface area (Å²) in [6.45, 7) is 2.47. The lowest BCUT2D eigenvalue weighted by Crippen LogP contribution is -2.32. The Morgan fingerprint density at radius 1 is 1.30 bits per heavy atom. The van der Waals surface area contributed by atoms with Gasteiger partial charge >= 0.3 is 5.69 Å². The van der Waals surface area contributed by atoms with Gasteiger partial charge in [-0.1, -0.05) is 30.3 Å². The summed E-state index contributed by atoms with van der Waals surface area (Å²) in [5, 5.41) is 10.1. The summed E-state index contributed by atoms with van der Waals surface area (Å²) >= 11 is 0. The monoisotopic (exact) mass is 273 g/mol. The van der Waals surface area contributed by atoms with E-state index in [-0.39, 0.29) is 18.0 Å². The van der Waals surface area contributed by atoms with Crippen LogP contribution in [0.15, 0.2) is 44.9 Å². The summed E-state index contributed by atoms with van der Waals surface area (Å²) in [4.78, 5) is 29.5. The smallest absolute Gasteiger partial charge is 0.331 e. The minimum absolute atomic E-state index is 0.0117. The Bertz CT molecular complexity index is 730. The molecule has 0 aliphatic heterocycles. The van der Waals surface area contributed by atoms with Crippen molar-refractivity contribution in [2.75, 3.05) is 6.54 Å². The van der Waals surface area contributed by atoms with Gasteiger partial charge in [-0.15, -0.1) is 0 Å². The molecule has 0 spiro atoms. The maximum atomic E-state index is 11.8. The van der Waals surface area contributed by atoms with E-state index >= 15 is 0 Å². The van der Waals surface area contributed by atoms with Gasteiger partial charge < -0.3 is 5.11 Å². The molecule has 0 atom stereocenters. The van der Waals surface area contributed by atoms with Crippen LogP contribution in [0.1, 0.15) is 18.1 Å². The number of H-pyrrole nitrogens is 1. The van der Waals surface area contributed by atoms with E-state index in [0.717, 1.165) is 10.1 Å². The molecule has 6 heteroatoms. The summed E-state index contributed by atoms with van der Waals surface area (Å²) in [6.07, 6.45) is 1.27. The number of nitrogens with one attached hydrogen (secondary N) is 1. The third-order valence-electron chi connectivity index (χ3n) is 2.79. The highest BCUT2D eigenvalue weighted by Gasteiger charge is 2.12. The fraction of sp³-hybridized carbons (Fsp3) is 0.214. The van der Waals surface area contributed by atoms with Crippen molar-refractivity contribution in [1.29, 1.82) is 0 Å². The number of rotatable bonds is 4. The van der Waals surface area contributed by atoms with Crippen LogP contribution in [-0.4, -0.2) is 27.4 Å². The zero-order chi connectivity index (χ0) is 14.5. The van der Waals surface area contributed by atoms with E-state index in [0.29, 0.717) is 6.54 Å². The van der Waals surface area contributed by atoms with Crippen molar-refractivity contribution >= 4 is 6.21 Å². The molecule has 0 radical (unpaired) electrons. The van der Waals surface area contributed by atoms with Crippen LogP contribution >= 0.6 is 0 Å². The maximum absolute atomic E-state index is 11.8. The number of hydrogen-bond acceptors (Lipinski definition) is 4. The maximum Gasteiger partial charge on any atom is 0.331 e. The fourth-order valence-electron chi connectivity index (χ4n) is 1.79. The molecule has 1 heterocycles. The number of hydrogen-bond donors (Lipinski definition) is 2. The standard InChI is InChI=1S/C14H15N3O3/c1-2-15-8-11-12(18)16-14(20)17(13(11)19)9-10-6-4-3-5-7-10/h3-8,19H,2,9H2,1H3,(H,16,18,20). The van der Waals surface area contributed by atoms with Crippen molar-refractivity contribution < 1.29 is 5.11 Å². The van der Waals surface area contributed by atoms with E-state index in [2.05, 4.69) is 9.98 Å². The summed E-state index contributed by atoms with van der Waals surface area (Å²) in [7, 11) is 0. The molecular weight excluding hydrogens is 258 g/mol. The highest BCUT2D eigenvalue weighted by atomic mass is 16.3. The normalized spacial score (nSPS) is 11.1. The molecule has 1 aromatic heterocycles. The first-order chi connectivity index (χ1) is 9.63. The summed E-state index contributed by atoms with van der Waals surface area (Å²) < 4.78 is 1.10. The van der Waals surface area contributed by atoms with E-state index in [4.69, 9.17) is 0 Å². The number of nitrogens with zero attached hydrogens (tertiary/aromatic N) is 2. The molecule has 0 bridgehead atoms. The Morgan fingerprint density at radius 2 is 2.00 bits per heavy atom. The Balaban J connectivity index is 2.51. The van der Waals surface area contributed by atoms with E-state index in [1.165, 1.54) is 6.21 Å². The second-order valence-corrected chi connectivity index (χ2v) is 4.20. The first-order valence-electron chi connectivity index (χ1n) is 6.23. The topological polar surface area (TPSA) is 87.4 Å². The second kappa shape index (κ2) is 6.01. The van der Waals surface area contributed by atoms with Gasteiger partial charge in [0.05, 0.1) is 6.54 Å². The number of aromatic amines is 1. The van der Waals surface area contributed by atoms with Gasteiger partial charge in [0.1, 0.15) is 5.56 Å². The quantitative estimate of drug-likeness (QED) is 0.805. The van der Waals surface area contributed by atoms with Gasteiger partial charge in [0.25, 0.3) is 5.56 Å². The first kappa shape index (κ1) is 13.8. The lowest BCUT2D eigenvalue weighted by atomic mass is 10.2. The Labute approximate surface area is 115 Å². The lowest BCUT2D eigenvalue weighted by Gasteiger charge is -2.09. The van der Waals surface area contributed by atoms with E-state index in [1.54, 1.807) is 0 Å². The van der Waals surface area contributed by atoms with E-state index < -0.39 is 11.2 Å². The van der Waals surface area contributed by atoms with Crippen LogP contribution < -0.4 is 11.2 Å². The summed E-state index contributed by atoms with van der Waals surface area (Å²) in [5.74, 6) is -0.375. The number of benzene rings is 1. The Morgan fingerprint density at radius 3 is 2.65 bits per heavy atom. The van der Waals surface area contributed by atoms with Crippen LogP contribution in [0, 0.1) is 0 Å². The Kier molecular flexibility index (Phi) is 4.14. The Hall–Kier alpha value is -2.63. The van der Waals surface area contributed by atoms with Crippen LogP contribution in [0.2, 0.25) is 0 Å². The largest absolute Gasteiger partial charge is 0.494 e. The third kappa shape index (κ3) is 2.85. The van der Waals surface area contributed by atoms with Crippen molar-refractivity contribution in [2.45, 2.75) is 13.5 Å². The van der Waals surface area contributed by atoms with Gasteiger partial charge in [-0.2, -0.15) is 0 Å². The van der Waals surface area contributed by atoms with Crippen LogP contribution in [0.3, 0.4) is 0 Å². The van der Waals surface area contributed by atoms with Gasteiger partial charge in [0.2, 0.25) is 5.88 Å². The van der Waals surface area contributed by atoms with Crippen molar-refractivity contribution in [3.8, 4) is 5.88 Å². The van der Waals surface area contributed by atoms with Gasteiger partial charge in [-0.3, -0.25) is 19.3 Å². The molecule has 0 aliphatic carbocycles. The van der Waals surface area contributed by atoms with Crippen LogP contribution in [0.4, 0.5) is 0 Å². The summed E-state index contributed by atoms with van der Waals surface area (Å²) in [5.41, 5.74) is -0.461. The number of aromatic nitrogens is 2. The molecule has 0 saturated carbocycles. The molecule has 0 saturated heterocycles. The lowest BCUT2D eigenvalue weighted by molar-refractivity contribution is 0.408. The number of aliphatic imine (C=N–C) groups is 1. The molecule has 0 amide bonds. The predicted molar refractivity (Wildman–Crippen MR) is 76.7 cm³/mol. The van der Waals surface area contributed by atoms with Gasteiger partial charge in [-0.05, 0) is 12.5 Å². The molecule has 2 rings (SSSR count). The number of aromatic hydroxyl groups is 1. The molecule has 0 unspecified atom stereocenters. The molecule has 104 valence electrons. The van der Waals surface area contributed by atoms with Crippen LogP contribution in [-0.2, 0) is 6.54 Å². The zero-order valence-electron chi connectivity index (χ0n) is 11.0. The van der Waals surface area contributed by atoms with Crippen molar-refractivity contribution in [3.05, 3.63) is 62.3 Å². The molecule has 1 aromatic carbocycles. The minimum Gasteiger partial charge on any atom is -0.494 e. The average Bonchev–Trinajstić information content (AvgIpc) is 2.44. The molecule has 6 nitrogen and oxygen atoms in total. The third-order valence-corrected chi connectivity index (χ3v) is 2.79. The first-order valence-corrected chi connectivity index (χ1v) is 6.23. The van der Waals surface area contributed by atoms with Gasteiger partial charge in [0.15, 0.2) is 0 Å². The van der Waals surface area contributed by atoms with Gasteiger partial charge in [0, 0.05) is 12.8 Å². The van der Waals surface area contributed by atoms with Crippen LogP contribution in [0.5, 0.6) is 5.88 Å². The summed E-state index contributed by atoms with van der Waals surface area (Å²) in [6, 6.07) is 9.19. The highest BCUT2D eigenvalue weighted by molar-refractivity contribution is 5.81. The predicted octanol–water partition coefficient (Wildman–Crippen LogP) is 0.729. The van der Waals surface area contributed by atoms with Gasteiger partial charge in [-0.25, -0.2) is 4.79 Å². The fourth-order valence-corrected chi connectivity index (χ4v) is 1.79. The van der Waals surface area contributed by atoms with Crippen molar-refractivity contribution in [2.24, 2.45) is 4.99 Å². The van der Waals surface area contributed by atoms with E-state index in [1.807, 2.05) is 37.3 Å². The molecule has 20 heavy (non-hydrogen) atoms. The molecule has 0 aliphatic rings. The zero-order valence-corrected chi connectivity index (χ0v) is 11.0. The average molecular weight is 273 g/mol. The molecule has 0 fully saturated rings. The minimum atomic E-state index is -0.648. The van der Waals surface area contributed by atoms with Crippen molar-refractivity contribution in [3.63, 3.8) is 0 Å². The molecule has 2 N–H and O–H groups in total. The molecular formula is C14H15N3O3. The SMILES string of the molecule is CCN=Cc1c(O)n(Cc2ccccc2)c(=O)[nH]c1=O. The van der Waals surface area contributed by atoms with Crippen molar-refractivity contribution in [1.82, 2.24) is 9.55 Å². The van der Waals surface area contributed by atoms with E-state index in [9.17, 15) is 14.7 Å². The highest BCUT2D eigenvalue weighted by Crippen LogP contribution is 2.10. The molecule has 2 aromatic rings. The second-order valence-electron chi connectivity index (χ2n) is 4.20.